The van der Waals surface area contributed by atoms with Crippen molar-refractivity contribution in [1.82, 2.24) is 9.78 Å². The number of hydrogen-bond donors (Lipinski definition) is 1. The Bertz CT molecular complexity index is 995. The molecule has 0 radical (unpaired) electrons. The van der Waals surface area contributed by atoms with Gasteiger partial charge in [-0.2, -0.15) is 5.10 Å². The molecule has 0 spiro atoms. The largest absolute Gasteiger partial charge is 0.484 e. The highest BCUT2D eigenvalue weighted by atomic mass is 16.6. The lowest BCUT2D eigenvalue weighted by Gasteiger charge is -2.09. The maximum atomic E-state index is 12.4. The van der Waals surface area contributed by atoms with Gasteiger partial charge in [-0.05, 0) is 37.1 Å². The summed E-state index contributed by atoms with van der Waals surface area (Å²) in [4.78, 5) is 22.5. The zero-order chi connectivity index (χ0) is 19.5. The summed E-state index contributed by atoms with van der Waals surface area (Å²) in [7, 11) is 0. The molecule has 0 saturated heterocycles. The average Bonchev–Trinajstić information content (AvgIpc) is 3.48. The molecule has 1 aliphatic rings. The lowest BCUT2D eigenvalue weighted by Crippen LogP contribution is -2.21. The van der Waals surface area contributed by atoms with Gasteiger partial charge in [0.05, 0.1) is 16.3 Å². The fourth-order valence-electron chi connectivity index (χ4n) is 2.82. The van der Waals surface area contributed by atoms with Crippen LogP contribution >= 0.6 is 0 Å². The molecule has 2 aromatic carbocycles. The van der Waals surface area contributed by atoms with E-state index in [1.54, 1.807) is 4.68 Å². The number of aromatic nitrogens is 2. The number of nitrogens with one attached hydrogen (secondary N) is 1. The van der Waals surface area contributed by atoms with Gasteiger partial charge in [-0.3, -0.25) is 14.9 Å². The van der Waals surface area contributed by atoms with Crippen LogP contribution in [-0.2, 0) is 4.79 Å². The van der Waals surface area contributed by atoms with Gasteiger partial charge in [0.15, 0.2) is 6.61 Å². The Morgan fingerprint density at radius 2 is 1.89 bits per heavy atom. The molecule has 8 nitrogen and oxygen atoms in total. The number of nitro groups is 1. The number of para-hydroxylation sites is 1. The van der Waals surface area contributed by atoms with E-state index < -0.39 is 4.92 Å². The molecule has 0 aliphatic heterocycles. The fraction of sp³-hybridized carbons (Fsp3) is 0.200. The van der Waals surface area contributed by atoms with Crippen LogP contribution in [0.3, 0.4) is 0 Å². The molecule has 4 rings (SSSR count). The first-order valence-corrected chi connectivity index (χ1v) is 8.92. The van der Waals surface area contributed by atoms with Gasteiger partial charge < -0.3 is 10.1 Å². The summed E-state index contributed by atoms with van der Waals surface area (Å²) in [5.74, 6) is 1.09. The van der Waals surface area contributed by atoms with Crippen molar-refractivity contribution in [3.8, 4) is 11.4 Å². The lowest BCUT2D eigenvalue weighted by molar-refractivity contribution is -0.384. The first-order valence-electron chi connectivity index (χ1n) is 8.92. The molecular formula is C20H18N4O4. The zero-order valence-electron chi connectivity index (χ0n) is 14.9. The second kappa shape index (κ2) is 7.51. The number of ether oxygens (including phenoxy) is 1. The van der Waals surface area contributed by atoms with E-state index in [-0.39, 0.29) is 18.2 Å². The second-order valence-electron chi connectivity index (χ2n) is 6.56. The van der Waals surface area contributed by atoms with E-state index in [4.69, 9.17) is 4.74 Å². The van der Waals surface area contributed by atoms with Crippen molar-refractivity contribution in [3.05, 3.63) is 76.5 Å². The van der Waals surface area contributed by atoms with E-state index >= 15 is 0 Å². The predicted octanol–water partition coefficient (Wildman–Crippen LogP) is 3.68. The molecule has 0 atom stereocenters. The third-order valence-corrected chi connectivity index (χ3v) is 4.41. The molecule has 28 heavy (non-hydrogen) atoms. The van der Waals surface area contributed by atoms with E-state index in [0.717, 1.165) is 24.2 Å². The Hall–Kier alpha value is -3.68. The van der Waals surface area contributed by atoms with Crippen molar-refractivity contribution in [2.45, 2.75) is 18.8 Å². The zero-order valence-corrected chi connectivity index (χ0v) is 14.9. The predicted molar refractivity (Wildman–Crippen MR) is 103 cm³/mol. The normalized spacial score (nSPS) is 13.1. The molecule has 0 unspecified atom stereocenters. The van der Waals surface area contributed by atoms with Crippen molar-refractivity contribution >= 4 is 17.4 Å². The van der Waals surface area contributed by atoms with Crippen LogP contribution in [0.2, 0.25) is 0 Å². The highest BCUT2D eigenvalue weighted by Gasteiger charge is 2.28. The van der Waals surface area contributed by atoms with Gasteiger partial charge in [-0.25, -0.2) is 4.68 Å². The van der Waals surface area contributed by atoms with E-state index in [1.165, 1.54) is 24.3 Å². The lowest BCUT2D eigenvalue weighted by atomic mass is 10.3. The quantitative estimate of drug-likeness (QED) is 0.499. The number of anilines is 1. The van der Waals surface area contributed by atoms with Crippen LogP contribution < -0.4 is 10.1 Å². The summed E-state index contributed by atoms with van der Waals surface area (Å²) in [5, 5.41) is 18.2. The third kappa shape index (κ3) is 4.01. The summed E-state index contributed by atoms with van der Waals surface area (Å²) in [6.45, 7) is -0.212. The van der Waals surface area contributed by atoms with E-state index in [9.17, 15) is 14.9 Å². The summed E-state index contributed by atoms with van der Waals surface area (Å²) < 4.78 is 7.14. The number of carbonyl (C=O) groups is 1. The summed E-state index contributed by atoms with van der Waals surface area (Å²) in [6, 6.07) is 17.1. The fourth-order valence-corrected chi connectivity index (χ4v) is 2.82. The van der Waals surface area contributed by atoms with Crippen molar-refractivity contribution < 1.29 is 14.5 Å². The molecule has 0 bridgehead atoms. The Labute approximate surface area is 160 Å². The van der Waals surface area contributed by atoms with Crippen LogP contribution in [0.25, 0.3) is 5.69 Å². The minimum atomic E-state index is -0.487. The van der Waals surface area contributed by atoms with Gasteiger partial charge in [-0.15, -0.1) is 0 Å². The molecule has 1 aromatic heterocycles. The van der Waals surface area contributed by atoms with Gasteiger partial charge in [0.1, 0.15) is 11.6 Å². The molecule has 1 fully saturated rings. The highest BCUT2D eigenvalue weighted by Crippen LogP contribution is 2.40. The number of benzene rings is 2. The van der Waals surface area contributed by atoms with Crippen LogP contribution in [0, 0.1) is 10.1 Å². The number of rotatable bonds is 7. The van der Waals surface area contributed by atoms with Crippen LogP contribution in [0.5, 0.6) is 5.75 Å². The SMILES string of the molecule is O=C(COc1ccc([N+](=O)[O-])cc1)Nc1cc(C2CC2)nn1-c1ccccc1. The van der Waals surface area contributed by atoms with E-state index in [0.29, 0.717) is 17.5 Å². The first-order chi connectivity index (χ1) is 13.6. The minimum absolute atomic E-state index is 0.0313. The second-order valence-corrected chi connectivity index (χ2v) is 6.56. The Morgan fingerprint density at radius 1 is 1.18 bits per heavy atom. The summed E-state index contributed by atoms with van der Waals surface area (Å²) >= 11 is 0. The highest BCUT2D eigenvalue weighted by molar-refractivity contribution is 5.91. The van der Waals surface area contributed by atoms with Gasteiger partial charge >= 0.3 is 0 Å². The topological polar surface area (TPSA) is 99.3 Å². The molecule has 8 heteroatoms. The molecule has 1 amide bonds. The molecule has 3 aromatic rings. The smallest absolute Gasteiger partial charge is 0.269 e. The van der Waals surface area contributed by atoms with Gasteiger partial charge in [0.25, 0.3) is 11.6 Å². The molecule has 142 valence electrons. The Balaban J connectivity index is 1.44. The maximum absolute atomic E-state index is 12.4. The average molecular weight is 378 g/mol. The van der Waals surface area contributed by atoms with Crippen LogP contribution in [0.1, 0.15) is 24.5 Å². The molecule has 1 heterocycles. The van der Waals surface area contributed by atoms with Gasteiger partial charge in [0.2, 0.25) is 0 Å². The van der Waals surface area contributed by atoms with Crippen LogP contribution in [0.15, 0.2) is 60.7 Å². The van der Waals surface area contributed by atoms with Crippen LogP contribution in [-0.4, -0.2) is 27.2 Å². The number of non-ortho nitro benzene ring substituents is 1. The number of carbonyl (C=O) groups excluding carboxylic acids is 1. The number of nitrogens with zero attached hydrogens (tertiary/aromatic N) is 3. The number of amides is 1. The number of hydrogen-bond acceptors (Lipinski definition) is 5. The van der Waals surface area contributed by atoms with E-state index in [2.05, 4.69) is 10.4 Å². The number of nitro benzene ring substituents is 1. The van der Waals surface area contributed by atoms with Crippen molar-refractivity contribution in [3.63, 3.8) is 0 Å². The van der Waals surface area contributed by atoms with Gasteiger partial charge in [-0.1, -0.05) is 18.2 Å². The van der Waals surface area contributed by atoms with Crippen molar-refractivity contribution in [1.29, 1.82) is 0 Å². The van der Waals surface area contributed by atoms with Crippen molar-refractivity contribution in [2.24, 2.45) is 0 Å². The third-order valence-electron chi connectivity index (χ3n) is 4.41. The summed E-state index contributed by atoms with van der Waals surface area (Å²) in [6.07, 6.45) is 2.23. The molecule has 1 N–H and O–H groups in total. The minimum Gasteiger partial charge on any atom is -0.484 e. The molecule has 1 aliphatic carbocycles. The monoisotopic (exact) mass is 378 g/mol. The standard InChI is InChI=1S/C20H18N4O4/c25-20(13-28-17-10-8-16(9-11-17)24(26)27)21-19-12-18(14-6-7-14)22-23(19)15-4-2-1-3-5-15/h1-5,8-12,14H,6-7,13H2,(H,21,25). The Kier molecular flexibility index (Phi) is 4.76. The first kappa shape index (κ1) is 17.7. The van der Waals surface area contributed by atoms with Gasteiger partial charge in [0, 0.05) is 24.1 Å². The Morgan fingerprint density at radius 3 is 2.54 bits per heavy atom. The van der Waals surface area contributed by atoms with Crippen molar-refractivity contribution in [2.75, 3.05) is 11.9 Å². The molecule has 1 saturated carbocycles. The van der Waals surface area contributed by atoms with Crippen LogP contribution in [0.4, 0.5) is 11.5 Å². The molecular weight excluding hydrogens is 360 g/mol. The maximum Gasteiger partial charge on any atom is 0.269 e. The summed E-state index contributed by atoms with van der Waals surface area (Å²) in [5.41, 5.74) is 1.80. The van der Waals surface area contributed by atoms with E-state index in [1.807, 2.05) is 36.4 Å².